The number of hydrogen-bond acceptors (Lipinski definition) is 5. The average molecular weight is 477 g/mol. The lowest BCUT2D eigenvalue weighted by Gasteiger charge is -2.27. The molecule has 2 amide bonds. The van der Waals surface area contributed by atoms with Crippen molar-refractivity contribution in [3.8, 4) is 5.75 Å². The molecule has 3 atom stereocenters. The number of hydrogen-bond donors (Lipinski definition) is 2. The Morgan fingerprint density at radius 1 is 1.27 bits per heavy atom. The SMILES string of the molecule is C[C@]1(C(F)(F)F)C[C@@H](c2ccc(F)cc2OC(F)F)[C@H](C(=O)Nc2ccnc(C(N)=O)c2)O1. The van der Waals surface area contributed by atoms with Crippen LogP contribution in [0.2, 0.25) is 0 Å². The van der Waals surface area contributed by atoms with Gasteiger partial charge in [0, 0.05) is 29.4 Å². The lowest BCUT2D eigenvalue weighted by Crippen LogP contribution is -2.43. The van der Waals surface area contributed by atoms with Gasteiger partial charge >= 0.3 is 12.8 Å². The molecule has 1 aromatic heterocycles. The molecule has 178 valence electrons. The Bertz CT molecular complexity index is 1060. The molecule has 1 aliphatic rings. The molecule has 2 heterocycles. The van der Waals surface area contributed by atoms with Crippen LogP contribution in [-0.4, -0.2) is 41.3 Å². The van der Waals surface area contributed by atoms with Crippen LogP contribution in [0, 0.1) is 5.82 Å². The quantitative estimate of drug-likeness (QED) is 0.617. The average Bonchev–Trinajstić information content (AvgIpc) is 3.07. The first-order chi connectivity index (χ1) is 15.3. The molecule has 1 fully saturated rings. The van der Waals surface area contributed by atoms with E-state index < -0.39 is 60.2 Å². The fourth-order valence-corrected chi connectivity index (χ4v) is 3.50. The third-order valence-corrected chi connectivity index (χ3v) is 5.09. The van der Waals surface area contributed by atoms with Crippen LogP contribution >= 0.6 is 0 Å². The molecular formula is C20H17F6N3O4. The van der Waals surface area contributed by atoms with Crippen LogP contribution in [-0.2, 0) is 9.53 Å². The van der Waals surface area contributed by atoms with Crippen molar-refractivity contribution < 1.29 is 45.4 Å². The van der Waals surface area contributed by atoms with E-state index >= 15 is 0 Å². The smallest absolute Gasteiger partial charge is 0.417 e. The zero-order valence-electron chi connectivity index (χ0n) is 16.8. The summed E-state index contributed by atoms with van der Waals surface area (Å²) in [6.07, 6.45) is -6.44. The van der Waals surface area contributed by atoms with E-state index in [0.717, 1.165) is 24.4 Å². The molecule has 1 aliphatic heterocycles. The highest BCUT2D eigenvalue weighted by Gasteiger charge is 2.61. The van der Waals surface area contributed by atoms with Crippen molar-refractivity contribution in [2.24, 2.45) is 5.73 Å². The summed E-state index contributed by atoms with van der Waals surface area (Å²) in [6, 6.07) is 4.73. The Morgan fingerprint density at radius 3 is 2.58 bits per heavy atom. The minimum atomic E-state index is -4.92. The molecule has 0 aliphatic carbocycles. The monoisotopic (exact) mass is 477 g/mol. The van der Waals surface area contributed by atoms with Gasteiger partial charge in [0.25, 0.3) is 11.8 Å². The fraction of sp³-hybridized carbons (Fsp3) is 0.350. The van der Waals surface area contributed by atoms with Crippen molar-refractivity contribution in [1.29, 1.82) is 0 Å². The highest BCUT2D eigenvalue weighted by atomic mass is 19.4. The van der Waals surface area contributed by atoms with Gasteiger partial charge in [-0.1, -0.05) is 6.07 Å². The lowest BCUT2D eigenvalue weighted by atomic mass is 9.86. The van der Waals surface area contributed by atoms with Crippen molar-refractivity contribution >= 4 is 17.5 Å². The molecule has 0 unspecified atom stereocenters. The van der Waals surface area contributed by atoms with Gasteiger partial charge in [0.05, 0.1) is 0 Å². The van der Waals surface area contributed by atoms with Gasteiger partial charge in [-0.05, 0) is 31.5 Å². The number of rotatable bonds is 6. The van der Waals surface area contributed by atoms with Crippen molar-refractivity contribution in [1.82, 2.24) is 4.98 Å². The maximum atomic E-state index is 13.7. The van der Waals surface area contributed by atoms with Gasteiger partial charge in [-0.2, -0.15) is 22.0 Å². The highest BCUT2D eigenvalue weighted by Crippen LogP contribution is 2.51. The van der Waals surface area contributed by atoms with Crippen molar-refractivity contribution in [3.05, 3.63) is 53.6 Å². The molecule has 7 nitrogen and oxygen atoms in total. The zero-order valence-corrected chi connectivity index (χ0v) is 16.8. The number of pyridine rings is 1. The first-order valence-corrected chi connectivity index (χ1v) is 9.36. The van der Waals surface area contributed by atoms with E-state index in [4.69, 9.17) is 10.5 Å². The number of primary amides is 1. The van der Waals surface area contributed by atoms with Gasteiger partial charge in [0.15, 0.2) is 5.60 Å². The number of benzene rings is 1. The Balaban J connectivity index is 2.00. The number of nitrogens with one attached hydrogen (secondary N) is 1. The predicted molar refractivity (Wildman–Crippen MR) is 101 cm³/mol. The zero-order chi connectivity index (χ0) is 24.6. The molecule has 1 aromatic carbocycles. The van der Waals surface area contributed by atoms with Crippen LogP contribution in [0.1, 0.15) is 35.3 Å². The molecule has 13 heteroatoms. The number of halogens is 6. The van der Waals surface area contributed by atoms with E-state index in [9.17, 15) is 35.9 Å². The molecule has 3 N–H and O–H groups in total. The van der Waals surface area contributed by atoms with Crippen LogP contribution in [0.15, 0.2) is 36.5 Å². The van der Waals surface area contributed by atoms with Gasteiger partial charge in [-0.15, -0.1) is 0 Å². The van der Waals surface area contributed by atoms with E-state index in [1.54, 1.807) is 0 Å². The third-order valence-electron chi connectivity index (χ3n) is 5.09. The minimum absolute atomic E-state index is 0.0186. The first kappa shape index (κ1) is 24.3. The van der Waals surface area contributed by atoms with Gasteiger partial charge in [0.1, 0.15) is 23.4 Å². The number of nitrogens with zero attached hydrogens (tertiary/aromatic N) is 1. The Hall–Kier alpha value is -3.35. The number of ether oxygens (including phenoxy) is 2. The van der Waals surface area contributed by atoms with E-state index in [-0.39, 0.29) is 16.9 Å². The Kier molecular flexibility index (Phi) is 6.54. The maximum absolute atomic E-state index is 13.7. The number of carbonyl (C=O) groups is 2. The van der Waals surface area contributed by atoms with Crippen molar-refractivity contribution in [3.63, 3.8) is 0 Å². The summed E-state index contributed by atoms with van der Waals surface area (Å²) in [7, 11) is 0. The summed E-state index contributed by atoms with van der Waals surface area (Å²) < 4.78 is 89.7. The third kappa shape index (κ3) is 5.18. The van der Waals surface area contributed by atoms with Gasteiger partial charge < -0.3 is 20.5 Å². The van der Waals surface area contributed by atoms with Crippen LogP contribution in [0.4, 0.5) is 32.0 Å². The molecule has 0 saturated carbocycles. The molecule has 0 spiro atoms. The summed E-state index contributed by atoms with van der Waals surface area (Å²) in [6.45, 7) is -2.68. The van der Waals surface area contributed by atoms with E-state index in [1.807, 2.05) is 0 Å². The molecule has 2 aromatic rings. The molecule has 1 saturated heterocycles. The molecule has 0 bridgehead atoms. The normalized spacial score (nSPS) is 22.9. The van der Waals surface area contributed by atoms with E-state index in [1.165, 1.54) is 6.07 Å². The number of aromatic nitrogens is 1. The topological polar surface area (TPSA) is 104 Å². The van der Waals surface area contributed by atoms with E-state index in [0.29, 0.717) is 13.0 Å². The number of anilines is 1. The molecular weight excluding hydrogens is 460 g/mol. The van der Waals surface area contributed by atoms with Gasteiger partial charge in [-0.3, -0.25) is 14.6 Å². The summed E-state index contributed by atoms with van der Waals surface area (Å²) in [4.78, 5) is 27.8. The minimum Gasteiger partial charge on any atom is -0.434 e. The molecule has 0 radical (unpaired) electrons. The largest absolute Gasteiger partial charge is 0.434 e. The summed E-state index contributed by atoms with van der Waals surface area (Å²) in [5, 5.41) is 2.30. The Morgan fingerprint density at radius 2 is 1.97 bits per heavy atom. The number of amides is 2. The van der Waals surface area contributed by atoms with Gasteiger partial charge in [-0.25, -0.2) is 4.39 Å². The standard InChI is InChI=1S/C20H17F6N3O4/c1-19(20(24,25)26)8-12(11-3-2-9(21)6-14(11)32-18(22)23)15(33-19)17(31)29-10-4-5-28-13(7-10)16(27)30/h2-7,12,15,18H,8H2,1H3,(H2,27,30)(H,28,29,31)/t12-,15+,19+/m0/s1. The first-order valence-electron chi connectivity index (χ1n) is 9.36. The fourth-order valence-electron chi connectivity index (χ4n) is 3.50. The number of carbonyl (C=O) groups excluding carboxylic acids is 2. The maximum Gasteiger partial charge on any atom is 0.417 e. The summed E-state index contributed by atoms with van der Waals surface area (Å²) in [5.74, 6) is -5.09. The molecule has 33 heavy (non-hydrogen) atoms. The van der Waals surface area contributed by atoms with Crippen LogP contribution in [0.25, 0.3) is 0 Å². The van der Waals surface area contributed by atoms with Gasteiger partial charge in [0.2, 0.25) is 0 Å². The summed E-state index contributed by atoms with van der Waals surface area (Å²) in [5.41, 5.74) is 1.80. The molecule has 3 rings (SSSR count). The van der Waals surface area contributed by atoms with Crippen LogP contribution < -0.4 is 15.8 Å². The number of alkyl halides is 5. The second kappa shape index (κ2) is 8.89. The van der Waals surface area contributed by atoms with Crippen LogP contribution in [0.3, 0.4) is 0 Å². The van der Waals surface area contributed by atoms with Crippen molar-refractivity contribution in [2.75, 3.05) is 5.32 Å². The second-order valence-corrected chi connectivity index (χ2v) is 7.42. The second-order valence-electron chi connectivity index (χ2n) is 7.42. The van der Waals surface area contributed by atoms with Crippen molar-refractivity contribution in [2.45, 2.75) is 43.8 Å². The Labute approximate surface area is 182 Å². The lowest BCUT2D eigenvalue weighted by molar-refractivity contribution is -0.261. The summed E-state index contributed by atoms with van der Waals surface area (Å²) >= 11 is 0. The number of nitrogens with two attached hydrogens (primary N) is 1. The highest BCUT2D eigenvalue weighted by molar-refractivity contribution is 5.97. The van der Waals surface area contributed by atoms with E-state index in [2.05, 4.69) is 15.0 Å². The van der Waals surface area contributed by atoms with Crippen LogP contribution in [0.5, 0.6) is 5.75 Å². The predicted octanol–water partition coefficient (Wildman–Crippen LogP) is 3.75.